The van der Waals surface area contributed by atoms with Gasteiger partial charge in [0.15, 0.2) is 0 Å². The van der Waals surface area contributed by atoms with E-state index in [-0.39, 0.29) is 17.4 Å². The zero-order valence-corrected chi connectivity index (χ0v) is 16.1. The molecule has 27 heavy (non-hydrogen) atoms. The number of benzene rings is 1. The standard InChI is InChI=1S/C20H26N2O5/c1-4-7-21-8-5-20(19(21)25)6-9-22(13-20)17(23)14-10-15(18(24)27-3)12-16(11-14)26-2/h10-12H,4-9,13H2,1-3H3. The summed E-state index contributed by atoms with van der Waals surface area (Å²) in [5.74, 6) is -0.138. The molecule has 2 heterocycles. The number of carbonyl (C=O) groups is 3. The van der Waals surface area contributed by atoms with E-state index in [1.165, 1.54) is 26.4 Å². The summed E-state index contributed by atoms with van der Waals surface area (Å²) in [6.45, 7) is 4.56. The average Bonchev–Trinajstić information content (AvgIpc) is 3.26. The molecule has 1 aromatic rings. The van der Waals surface area contributed by atoms with Gasteiger partial charge in [-0.1, -0.05) is 6.92 Å². The SMILES string of the molecule is CCCN1CCC2(CCN(C(=O)c3cc(OC)cc(C(=O)OC)c3)C2)C1=O. The maximum absolute atomic E-state index is 13.0. The fourth-order valence-corrected chi connectivity index (χ4v) is 4.06. The predicted octanol–water partition coefficient (Wildman–Crippen LogP) is 1.96. The molecule has 7 nitrogen and oxygen atoms in total. The molecule has 0 N–H and O–H groups in total. The topological polar surface area (TPSA) is 76.2 Å². The van der Waals surface area contributed by atoms with Crippen molar-refractivity contribution < 1.29 is 23.9 Å². The van der Waals surface area contributed by atoms with Gasteiger partial charge in [-0.05, 0) is 37.5 Å². The summed E-state index contributed by atoms with van der Waals surface area (Å²) in [7, 11) is 2.77. The number of methoxy groups -OCH3 is 2. The molecule has 1 atom stereocenters. The highest BCUT2D eigenvalue weighted by Gasteiger charge is 2.51. The van der Waals surface area contributed by atoms with E-state index in [2.05, 4.69) is 6.92 Å². The molecule has 1 unspecified atom stereocenters. The molecular weight excluding hydrogens is 348 g/mol. The van der Waals surface area contributed by atoms with Gasteiger partial charge in [0.05, 0.1) is 25.2 Å². The lowest BCUT2D eigenvalue weighted by molar-refractivity contribution is -0.135. The van der Waals surface area contributed by atoms with Crippen molar-refractivity contribution in [2.45, 2.75) is 26.2 Å². The Morgan fingerprint density at radius 2 is 1.81 bits per heavy atom. The highest BCUT2D eigenvalue weighted by molar-refractivity contribution is 5.99. The Morgan fingerprint density at radius 1 is 1.11 bits per heavy atom. The second-order valence-electron chi connectivity index (χ2n) is 7.24. The normalized spacial score (nSPS) is 21.8. The van der Waals surface area contributed by atoms with Gasteiger partial charge in [-0.15, -0.1) is 0 Å². The van der Waals surface area contributed by atoms with Crippen LogP contribution in [0.2, 0.25) is 0 Å². The Bertz CT molecular complexity index is 763. The summed E-state index contributed by atoms with van der Waals surface area (Å²) in [6, 6.07) is 4.67. The first-order valence-corrected chi connectivity index (χ1v) is 9.30. The summed E-state index contributed by atoms with van der Waals surface area (Å²) in [4.78, 5) is 41.3. The van der Waals surface area contributed by atoms with Gasteiger partial charge in [0.2, 0.25) is 5.91 Å². The minimum absolute atomic E-state index is 0.167. The lowest BCUT2D eigenvalue weighted by Crippen LogP contribution is -2.38. The van der Waals surface area contributed by atoms with Crippen LogP contribution >= 0.6 is 0 Å². The van der Waals surface area contributed by atoms with Crippen molar-refractivity contribution in [1.29, 1.82) is 0 Å². The van der Waals surface area contributed by atoms with E-state index in [1.807, 2.05) is 4.90 Å². The Labute approximate surface area is 159 Å². The van der Waals surface area contributed by atoms with Crippen molar-refractivity contribution in [2.75, 3.05) is 40.4 Å². The minimum Gasteiger partial charge on any atom is -0.497 e. The van der Waals surface area contributed by atoms with Gasteiger partial charge in [-0.2, -0.15) is 0 Å². The van der Waals surface area contributed by atoms with Crippen LogP contribution in [0.1, 0.15) is 46.9 Å². The second-order valence-corrected chi connectivity index (χ2v) is 7.24. The van der Waals surface area contributed by atoms with Crippen molar-refractivity contribution in [3.05, 3.63) is 29.3 Å². The molecule has 0 saturated carbocycles. The summed E-state index contributed by atoms with van der Waals surface area (Å²) in [6.07, 6.45) is 2.41. The van der Waals surface area contributed by atoms with Crippen LogP contribution in [0.25, 0.3) is 0 Å². The third kappa shape index (κ3) is 3.50. The molecule has 2 saturated heterocycles. The number of esters is 1. The Kier molecular flexibility index (Phi) is 5.39. The van der Waals surface area contributed by atoms with Crippen LogP contribution in [0.5, 0.6) is 5.75 Å². The predicted molar refractivity (Wildman–Crippen MR) is 98.8 cm³/mol. The van der Waals surface area contributed by atoms with Gasteiger partial charge in [-0.3, -0.25) is 9.59 Å². The molecule has 2 amide bonds. The quantitative estimate of drug-likeness (QED) is 0.737. The number of rotatable bonds is 5. The highest BCUT2D eigenvalue weighted by atomic mass is 16.5. The highest BCUT2D eigenvalue weighted by Crippen LogP contribution is 2.41. The molecule has 7 heteroatoms. The Hall–Kier alpha value is -2.57. The largest absolute Gasteiger partial charge is 0.497 e. The first kappa shape index (κ1) is 19.2. The van der Waals surface area contributed by atoms with Crippen molar-refractivity contribution >= 4 is 17.8 Å². The molecule has 0 bridgehead atoms. The molecule has 1 aromatic carbocycles. The molecule has 3 rings (SSSR count). The minimum atomic E-state index is -0.526. The molecular formula is C20H26N2O5. The smallest absolute Gasteiger partial charge is 0.338 e. The number of amides is 2. The Morgan fingerprint density at radius 3 is 2.48 bits per heavy atom. The van der Waals surface area contributed by atoms with Crippen molar-refractivity contribution in [2.24, 2.45) is 5.41 Å². The molecule has 2 fully saturated rings. The fraction of sp³-hybridized carbons (Fsp3) is 0.550. The van der Waals surface area contributed by atoms with Crippen LogP contribution in [-0.2, 0) is 9.53 Å². The monoisotopic (exact) mass is 374 g/mol. The van der Waals surface area contributed by atoms with E-state index < -0.39 is 11.4 Å². The summed E-state index contributed by atoms with van der Waals surface area (Å²) >= 11 is 0. The van der Waals surface area contributed by atoms with Crippen LogP contribution in [-0.4, -0.2) is 68.0 Å². The van der Waals surface area contributed by atoms with Crippen LogP contribution in [0.4, 0.5) is 0 Å². The van der Waals surface area contributed by atoms with Gasteiger partial charge >= 0.3 is 5.97 Å². The fourth-order valence-electron chi connectivity index (χ4n) is 4.06. The lowest BCUT2D eigenvalue weighted by atomic mass is 9.85. The third-order valence-electron chi connectivity index (χ3n) is 5.55. The van der Waals surface area contributed by atoms with E-state index in [0.717, 1.165) is 25.9 Å². The van der Waals surface area contributed by atoms with Crippen LogP contribution in [0, 0.1) is 5.41 Å². The van der Waals surface area contributed by atoms with Gasteiger partial charge in [0.25, 0.3) is 5.91 Å². The molecule has 2 aliphatic heterocycles. The summed E-state index contributed by atoms with van der Waals surface area (Å²) in [5.41, 5.74) is 0.178. The van der Waals surface area contributed by atoms with Crippen molar-refractivity contribution in [3.63, 3.8) is 0 Å². The van der Waals surface area contributed by atoms with Crippen molar-refractivity contribution in [1.82, 2.24) is 9.80 Å². The first-order chi connectivity index (χ1) is 12.9. The molecule has 0 aromatic heterocycles. The van der Waals surface area contributed by atoms with Gasteiger partial charge in [-0.25, -0.2) is 4.79 Å². The van der Waals surface area contributed by atoms with Gasteiger partial charge < -0.3 is 19.3 Å². The van der Waals surface area contributed by atoms with Crippen LogP contribution in [0.15, 0.2) is 18.2 Å². The molecule has 0 aliphatic carbocycles. The van der Waals surface area contributed by atoms with Crippen LogP contribution < -0.4 is 4.74 Å². The molecule has 2 aliphatic rings. The van der Waals surface area contributed by atoms with E-state index in [4.69, 9.17) is 9.47 Å². The maximum atomic E-state index is 13.0. The van der Waals surface area contributed by atoms with E-state index in [9.17, 15) is 14.4 Å². The summed E-state index contributed by atoms with van der Waals surface area (Å²) in [5, 5.41) is 0. The Balaban J connectivity index is 1.80. The lowest BCUT2D eigenvalue weighted by Gasteiger charge is -2.23. The van der Waals surface area contributed by atoms with Crippen LogP contribution in [0.3, 0.4) is 0 Å². The molecule has 146 valence electrons. The second kappa shape index (κ2) is 7.58. The number of likely N-dealkylation sites (tertiary alicyclic amines) is 2. The van der Waals surface area contributed by atoms with Crippen molar-refractivity contribution in [3.8, 4) is 5.75 Å². The number of hydrogen-bond donors (Lipinski definition) is 0. The number of carbonyl (C=O) groups excluding carboxylic acids is 3. The first-order valence-electron chi connectivity index (χ1n) is 9.30. The zero-order chi connectivity index (χ0) is 19.6. The number of ether oxygens (including phenoxy) is 2. The van der Waals surface area contributed by atoms with E-state index in [0.29, 0.717) is 30.8 Å². The average molecular weight is 374 g/mol. The number of hydrogen-bond acceptors (Lipinski definition) is 5. The number of nitrogens with zero attached hydrogens (tertiary/aromatic N) is 2. The third-order valence-corrected chi connectivity index (χ3v) is 5.55. The zero-order valence-electron chi connectivity index (χ0n) is 16.1. The van der Waals surface area contributed by atoms with Gasteiger partial charge in [0, 0.05) is 31.7 Å². The van der Waals surface area contributed by atoms with Gasteiger partial charge in [0.1, 0.15) is 5.75 Å². The molecule has 1 spiro atoms. The van der Waals surface area contributed by atoms with E-state index in [1.54, 1.807) is 11.0 Å². The molecule has 0 radical (unpaired) electrons. The van der Waals surface area contributed by atoms with E-state index >= 15 is 0 Å². The maximum Gasteiger partial charge on any atom is 0.338 e. The summed E-state index contributed by atoms with van der Waals surface area (Å²) < 4.78 is 9.97.